The summed E-state index contributed by atoms with van der Waals surface area (Å²) in [6, 6.07) is 0. The van der Waals surface area contributed by atoms with Gasteiger partial charge in [0.25, 0.3) is 0 Å². The van der Waals surface area contributed by atoms with Crippen molar-refractivity contribution < 1.29 is 9.53 Å². The predicted octanol–water partition coefficient (Wildman–Crippen LogP) is 3.05. The molecule has 0 aromatic heterocycles. The smallest absolute Gasteiger partial charge is 0.309 e. The second-order valence-corrected chi connectivity index (χ2v) is 10.7. The van der Waals surface area contributed by atoms with Crippen molar-refractivity contribution >= 4 is 16.0 Å². The van der Waals surface area contributed by atoms with Gasteiger partial charge in [0.1, 0.15) is 0 Å². The molecule has 0 N–H and O–H groups in total. The Balaban J connectivity index is 2.13. The summed E-state index contributed by atoms with van der Waals surface area (Å²) < 4.78 is 5.33. The fraction of sp³-hybridized carbons (Fsp3) is 0.923. The number of esters is 1. The largest absolute Gasteiger partial charge is 0.465 e. The van der Waals surface area contributed by atoms with Crippen LogP contribution in [0.1, 0.15) is 33.1 Å². The molecule has 2 nitrogen and oxygen atoms in total. The maximum Gasteiger partial charge on any atom is 0.309 e. The van der Waals surface area contributed by atoms with Crippen LogP contribution in [0.25, 0.3) is 0 Å². The molecule has 0 heterocycles. The minimum Gasteiger partial charge on any atom is -0.465 e. The van der Waals surface area contributed by atoms with E-state index in [1.165, 1.54) is 5.75 Å². The molecule has 2 atom stereocenters. The summed E-state index contributed by atoms with van der Waals surface area (Å²) in [5, 5.41) is 0. The quantitative estimate of drug-likeness (QED) is 0.532. The number of carbonyl (C=O) groups is 1. The van der Waals surface area contributed by atoms with Crippen LogP contribution in [0.2, 0.25) is 0 Å². The van der Waals surface area contributed by atoms with Crippen LogP contribution >= 0.6 is 10.0 Å². The third-order valence-corrected chi connectivity index (χ3v) is 5.10. The molecule has 0 aromatic carbocycles. The van der Waals surface area contributed by atoms with Crippen LogP contribution < -0.4 is 0 Å². The Kier molecular flexibility index (Phi) is 4.33. The molecule has 1 aliphatic rings. The zero-order chi connectivity index (χ0) is 12.4. The standard InChI is InChI=1S/C13H26O2S/c1-6-13(2)10-11(13)12(14)15-8-7-9-16(3,4)5/h11H,6-10H2,1-5H3. The topological polar surface area (TPSA) is 26.3 Å². The van der Waals surface area contributed by atoms with Crippen LogP contribution in [0.4, 0.5) is 0 Å². The van der Waals surface area contributed by atoms with Crippen LogP contribution in [0.3, 0.4) is 0 Å². The van der Waals surface area contributed by atoms with E-state index in [1.807, 2.05) is 0 Å². The predicted molar refractivity (Wildman–Crippen MR) is 72.3 cm³/mol. The molecule has 0 spiro atoms. The van der Waals surface area contributed by atoms with Crippen LogP contribution in [-0.4, -0.2) is 37.1 Å². The van der Waals surface area contributed by atoms with Gasteiger partial charge in [0.2, 0.25) is 0 Å². The lowest BCUT2D eigenvalue weighted by molar-refractivity contribution is -0.146. The second-order valence-electron chi connectivity index (χ2n) is 6.08. The van der Waals surface area contributed by atoms with E-state index in [0.717, 1.165) is 19.3 Å². The Hall–Kier alpha value is -0.180. The van der Waals surface area contributed by atoms with Crippen molar-refractivity contribution in [3.63, 3.8) is 0 Å². The van der Waals surface area contributed by atoms with E-state index in [1.54, 1.807) is 0 Å². The van der Waals surface area contributed by atoms with Gasteiger partial charge in [0, 0.05) is 0 Å². The molecule has 96 valence electrons. The first-order valence-corrected chi connectivity index (χ1v) is 9.14. The van der Waals surface area contributed by atoms with Gasteiger partial charge in [0.15, 0.2) is 0 Å². The zero-order valence-corrected chi connectivity index (χ0v) is 12.2. The monoisotopic (exact) mass is 246 g/mol. The normalized spacial score (nSPS) is 29.9. The fourth-order valence-electron chi connectivity index (χ4n) is 1.93. The highest BCUT2D eigenvalue weighted by molar-refractivity contribution is 8.32. The average Bonchev–Trinajstić information content (AvgIpc) is 2.85. The fourth-order valence-corrected chi connectivity index (χ4v) is 2.92. The van der Waals surface area contributed by atoms with E-state index in [4.69, 9.17) is 4.74 Å². The van der Waals surface area contributed by atoms with Gasteiger partial charge in [-0.1, -0.05) is 13.8 Å². The molecule has 0 aromatic rings. The van der Waals surface area contributed by atoms with Crippen molar-refractivity contribution in [3.8, 4) is 0 Å². The molecule has 1 aliphatic carbocycles. The number of hydrogen-bond acceptors (Lipinski definition) is 2. The molecule has 1 saturated carbocycles. The number of ether oxygens (including phenoxy) is 1. The summed E-state index contributed by atoms with van der Waals surface area (Å²) in [6.45, 7) is 4.94. The summed E-state index contributed by atoms with van der Waals surface area (Å²) in [5.74, 6) is 1.41. The number of rotatable bonds is 6. The van der Waals surface area contributed by atoms with E-state index in [9.17, 15) is 4.79 Å². The molecule has 0 aliphatic heterocycles. The molecule has 0 radical (unpaired) electrons. The van der Waals surface area contributed by atoms with Gasteiger partial charge in [-0.05, 0) is 49.2 Å². The maximum absolute atomic E-state index is 11.7. The molecule has 0 saturated heterocycles. The van der Waals surface area contributed by atoms with E-state index in [-0.39, 0.29) is 17.3 Å². The minimum absolute atomic E-state index is 0.0354. The third-order valence-electron chi connectivity index (χ3n) is 3.59. The molecule has 0 amide bonds. The van der Waals surface area contributed by atoms with Crippen molar-refractivity contribution in [2.24, 2.45) is 11.3 Å². The van der Waals surface area contributed by atoms with E-state index in [0.29, 0.717) is 6.61 Å². The molecular formula is C13H26O2S. The second kappa shape index (κ2) is 4.99. The summed E-state index contributed by atoms with van der Waals surface area (Å²) in [4.78, 5) is 11.7. The summed E-state index contributed by atoms with van der Waals surface area (Å²) >= 11 is 0. The average molecular weight is 246 g/mol. The SMILES string of the molecule is CCC1(C)CC1C(=O)OCCCS(C)(C)C. The Labute approximate surface area is 101 Å². The molecule has 16 heavy (non-hydrogen) atoms. The number of carbonyl (C=O) groups excluding carboxylic acids is 1. The van der Waals surface area contributed by atoms with E-state index >= 15 is 0 Å². The van der Waals surface area contributed by atoms with Gasteiger partial charge < -0.3 is 4.74 Å². The molecule has 2 unspecified atom stereocenters. The highest BCUT2D eigenvalue weighted by Gasteiger charge is 2.53. The van der Waals surface area contributed by atoms with Gasteiger partial charge in [-0.2, -0.15) is 0 Å². The molecule has 1 fully saturated rings. The first-order valence-electron chi connectivity index (χ1n) is 6.11. The zero-order valence-electron chi connectivity index (χ0n) is 11.3. The van der Waals surface area contributed by atoms with Crippen LogP contribution in [0, 0.1) is 11.3 Å². The highest BCUT2D eigenvalue weighted by atomic mass is 32.3. The van der Waals surface area contributed by atoms with Crippen molar-refractivity contribution in [2.45, 2.75) is 33.1 Å². The van der Waals surface area contributed by atoms with E-state index < -0.39 is 10.0 Å². The molecule has 0 bridgehead atoms. The van der Waals surface area contributed by atoms with Crippen LogP contribution in [-0.2, 0) is 9.53 Å². The van der Waals surface area contributed by atoms with Gasteiger partial charge >= 0.3 is 5.97 Å². The lowest BCUT2D eigenvalue weighted by Crippen LogP contribution is -2.13. The van der Waals surface area contributed by atoms with Gasteiger partial charge in [-0.3, -0.25) is 4.79 Å². The van der Waals surface area contributed by atoms with Gasteiger partial charge in [0.05, 0.1) is 12.5 Å². The van der Waals surface area contributed by atoms with Crippen molar-refractivity contribution in [2.75, 3.05) is 31.1 Å². The van der Waals surface area contributed by atoms with Gasteiger partial charge in [-0.25, -0.2) is 10.0 Å². The molecule has 3 heteroatoms. The Morgan fingerprint density at radius 3 is 2.50 bits per heavy atom. The highest BCUT2D eigenvalue weighted by Crippen LogP contribution is 2.55. The first-order chi connectivity index (χ1) is 7.28. The van der Waals surface area contributed by atoms with Crippen LogP contribution in [0.5, 0.6) is 0 Å². The lowest BCUT2D eigenvalue weighted by atomic mass is 10.0. The Bertz CT molecular complexity index is 257. The van der Waals surface area contributed by atoms with Crippen molar-refractivity contribution in [1.29, 1.82) is 0 Å². The van der Waals surface area contributed by atoms with Gasteiger partial charge in [-0.15, -0.1) is 0 Å². The molecular weight excluding hydrogens is 220 g/mol. The minimum atomic E-state index is -0.445. The Morgan fingerprint density at radius 2 is 2.06 bits per heavy atom. The third kappa shape index (κ3) is 4.00. The van der Waals surface area contributed by atoms with Crippen molar-refractivity contribution in [1.82, 2.24) is 0 Å². The first kappa shape index (κ1) is 13.9. The summed E-state index contributed by atoms with van der Waals surface area (Å²) in [7, 11) is -0.445. The van der Waals surface area contributed by atoms with E-state index in [2.05, 4.69) is 32.6 Å². The number of hydrogen-bond donors (Lipinski definition) is 0. The molecule has 1 rings (SSSR count). The summed E-state index contributed by atoms with van der Waals surface area (Å²) in [6.07, 6.45) is 10.0. The lowest BCUT2D eigenvalue weighted by Gasteiger charge is -2.24. The maximum atomic E-state index is 11.7. The van der Waals surface area contributed by atoms with Crippen LogP contribution in [0.15, 0.2) is 0 Å². The van der Waals surface area contributed by atoms with Crippen molar-refractivity contribution in [3.05, 3.63) is 0 Å². The Morgan fingerprint density at radius 1 is 1.44 bits per heavy atom. The summed E-state index contributed by atoms with van der Waals surface area (Å²) in [5.41, 5.74) is 0.242.